The lowest BCUT2D eigenvalue weighted by Gasteiger charge is -2.10. The maximum atomic E-state index is 12.9. The zero-order valence-electron chi connectivity index (χ0n) is 16.5. The number of hydrogen-bond donors (Lipinski definition) is 3. The Balaban J connectivity index is 1.88. The second kappa shape index (κ2) is 8.47. The Morgan fingerprint density at radius 1 is 1.20 bits per heavy atom. The van der Waals surface area contributed by atoms with E-state index in [4.69, 9.17) is 4.74 Å². The van der Waals surface area contributed by atoms with Crippen molar-refractivity contribution in [2.24, 2.45) is 7.05 Å². The normalized spacial score (nSPS) is 10.5. The molecule has 11 heteroatoms. The second-order valence-electron chi connectivity index (χ2n) is 6.23. The smallest absolute Gasteiger partial charge is 0.339 e. The van der Waals surface area contributed by atoms with E-state index in [2.05, 4.69) is 20.8 Å². The predicted molar refractivity (Wildman–Crippen MR) is 107 cm³/mol. The quantitative estimate of drug-likeness (QED) is 0.538. The summed E-state index contributed by atoms with van der Waals surface area (Å²) in [5.74, 6) is -1.98. The predicted octanol–water partition coefficient (Wildman–Crippen LogP) is 1.85. The summed E-state index contributed by atoms with van der Waals surface area (Å²) in [6.45, 7) is 2.17. The number of aromatic carboxylic acids is 1. The molecule has 156 valence electrons. The Morgan fingerprint density at radius 2 is 1.97 bits per heavy atom. The SMILES string of the molecule is CCn1ncc(NC(=O)c2nn(C)cc2C(=O)O)c1C(=O)Nc1cccc(OC)c1. The number of nitrogens with one attached hydrogen (secondary N) is 2. The van der Waals surface area contributed by atoms with Gasteiger partial charge in [-0.25, -0.2) is 4.79 Å². The number of carboxylic acid groups (broad SMARTS) is 1. The Morgan fingerprint density at radius 3 is 2.63 bits per heavy atom. The lowest BCUT2D eigenvalue weighted by atomic mass is 10.2. The number of nitrogens with zero attached hydrogens (tertiary/aromatic N) is 4. The van der Waals surface area contributed by atoms with E-state index in [9.17, 15) is 19.5 Å². The lowest BCUT2D eigenvalue weighted by Crippen LogP contribution is -2.22. The summed E-state index contributed by atoms with van der Waals surface area (Å²) in [5.41, 5.74) is 0.220. The number of benzene rings is 1. The van der Waals surface area contributed by atoms with Crippen LogP contribution in [0.15, 0.2) is 36.7 Å². The lowest BCUT2D eigenvalue weighted by molar-refractivity contribution is 0.0692. The molecule has 0 spiro atoms. The standard InChI is InChI=1S/C19H20N6O5/c1-4-25-16(18(27)21-11-6-5-7-12(8-11)30-3)14(9-20-25)22-17(26)15-13(19(28)29)10-24(2)23-15/h5-10H,4H2,1-3H3,(H,21,27)(H,22,26)(H,28,29). The van der Waals surface area contributed by atoms with Crippen molar-refractivity contribution < 1.29 is 24.2 Å². The molecule has 0 atom stereocenters. The van der Waals surface area contributed by atoms with Gasteiger partial charge in [0.2, 0.25) is 0 Å². The fourth-order valence-corrected chi connectivity index (χ4v) is 2.84. The highest BCUT2D eigenvalue weighted by Gasteiger charge is 2.25. The maximum absolute atomic E-state index is 12.9. The highest BCUT2D eigenvalue weighted by molar-refractivity contribution is 6.13. The van der Waals surface area contributed by atoms with Crippen LogP contribution >= 0.6 is 0 Å². The summed E-state index contributed by atoms with van der Waals surface area (Å²) in [6, 6.07) is 6.81. The van der Waals surface area contributed by atoms with Crippen molar-refractivity contribution in [3.05, 3.63) is 53.6 Å². The molecule has 0 saturated heterocycles. The van der Waals surface area contributed by atoms with Gasteiger partial charge in [0, 0.05) is 31.5 Å². The Labute approximate surface area is 171 Å². The Bertz CT molecular complexity index is 1120. The van der Waals surface area contributed by atoms with Crippen LogP contribution in [0.3, 0.4) is 0 Å². The van der Waals surface area contributed by atoms with Crippen molar-refractivity contribution in [3.8, 4) is 5.75 Å². The van der Waals surface area contributed by atoms with Gasteiger partial charge in [-0.2, -0.15) is 10.2 Å². The minimum absolute atomic E-state index is 0.112. The van der Waals surface area contributed by atoms with Crippen LogP contribution in [0.1, 0.15) is 38.3 Å². The summed E-state index contributed by atoms with van der Waals surface area (Å²) in [4.78, 5) is 36.9. The molecule has 2 heterocycles. The monoisotopic (exact) mass is 412 g/mol. The average molecular weight is 412 g/mol. The molecule has 3 N–H and O–H groups in total. The Kier molecular flexibility index (Phi) is 5.81. The minimum Gasteiger partial charge on any atom is -0.497 e. The highest BCUT2D eigenvalue weighted by Crippen LogP contribution is 2.21. The number of anilines is 2. The van der Waals surface area contributed by atoms with Crippen LogP contribution < -0.4 is 15.4 Å². The molecule has 3 rings (SSSR count). The summed E-state index contributed by atoms with van der Waals surface area (Å²) >= 11 is 0. The van der Waals surface area contributed by atoms with Gasteiger partial charge in [-0.05, 0) is 19.1 Å². The van der Waals surface area contributed by atoms with Crippen LogP contribution in [0, 0.1) is 0 Å². The van der Waals surface area contributed by atoms with Crippen molar-refractivity contribution in [2.45, 2.75) is 13.5 Å². The summed E-state index contributed by atoms with van der Waals surface area (Å²) in [7, 11) is 3.02. The largest absolute Gasteiger partial charge is 0.497 e. The third-order valence-electron chi connectivity index (χ3n) is 4.20. The topological polar surface area (TPSA) is 140 Å². The molecule has 11 nitrogen and oxygen atoms in total. The molecule has 1 aromatic carbocycles. The first kappa shape index (κ1) is 20.6. The fourth-order valence-electron chi connectivity index (χ4n) is 2.84. The average Bonchev–Trinajstić information content (AvgIpc) is 3.31. The van der Waals surface area contributed by atoms with E-state index in [1.807, 2.05) is 0 Å². The van der Waals surface area contributed by atoms with Crippen LogP contribution in [-0.4, -0.2) is 49.6 Å². The summed E-state index contributed by atoms with van der Waals surface area (Å²) in [5, 5.41) is 22.5. The molecular weight excluding hydrogens is 392 g/mol. The van der Waals surface area contributed by atoms with E-state index in [-0.39, 0.29) is 22.6 Å². The molecule has 0 unspecified atom stereocenters. The van der Waals surface area contributed by atoms with Gasteiger partial charge in [-0.1, -0.05) is 6.07 Å². The molecule has 0 saturated carbocycles. The van der Waals surface area contributed by atoms with Gasteiger partial charge in [0.1, 0.15) is 17.0 Å². The van der Waals surface area contributed by atoms with Gasteiger partial charge < -0.3 is 20.5 Å². The first-order chi connectivity index (χ1) is 14.3. The first-order valence-electron chi connectivity index (χ1n) is 8.93. The number of aromatic nitrogens is 4. The van der Waals surface area contributed by atoms with E-state index in [1.165, 1.54) is 35.9 Å². The zero-order valence-corrected chi connectivity index (χ0v) is 16.5. The summed E-state index contributed by atoms with van der Waals surface area (Å²) in [6.07, 6.45) is 2.55. The van der Waals surface area contributed by atoms with Gasteiger partial charge in [0.05, 0.1) is 19.0 Å². The van der Waals surface area contributed by atoms with Crippen molar-refractivity contribution >= 4 is 29.2 Å². The molecule has 0 fully saturated rings. The molecule has 3 aromatic rings. The van der Waals surface area contributed by atoms with E-state index in [0.29, 0.717) is 18.0 Å². The number of hydrogen-bond acceptors (Lipinski definition) is 6. The second-order valence-corrected chi connectivity index (χ2v) is 6.23. The van der Waals surface area contributed by atoms with E-state index in [1.54, 1.807) is 31.2 Å². The van der Waals surface area contributed by atoms with Crippen LogP contribution in [0.2, 0.25) is 0 Å². The molecule has 0 radical (unpaired) electrons. The maximum Gasteiger partial charge on any atom is 0.339 e. The number of methoxy groups -OCH3 is 1. The van der Waals surface area contributed by atoms with Crippen molar-refractivity contribution in [1.29, 1.82) is 0 Å². The highest BCUT2D eigenvalue weighted by atomic mass is 16.5. The molecule has 2 amide bonds. The van der Waals surface area contributed by atoms with Gasteiger partial charge in [0.15, 0.2) is 5.69 Å². The first-order valence-corrected chi connectivity index (χ1v) is 8.93. The van der Waals surface area contributed by atoms with Crippen LogP contribution in [0.5, 0.6) is 5.75 Å². The number of amides is 2. The number of carbonyl (C=O) groups excluding carboxylic acids is 2. The molecule has 0 aliphatic rings. The van der Waals surface area contributed by atoms with Gasteiger partial charge >= 0.3 is 5.97 Å². The molecule has 0 bridgehead atoms. The Hall–Kier alpha value is -4.15. The van der Waals surface area contributed by atoms with Crippen molar-refractivity contribution in [1.82, 2.24) is 19.6 Å². The van der Waals surface area contributed by atoms with E-state index < -0.39 is 17.8 Å². The number of aryl methyl sites for hydroxylation is 2. The van der Waals surface area contributed by atoms with Gasteiger partial charge in [0.25, 0.3) is 11.8 Å². The minimum atomic E-state index is -1.28. The fraction of sp³-hybridized carbons (Fsp3) is 0.211. The third-order valence-corrected chi connectivity index (χ3v) is 4.20. The molecule has 30 heavy (non-hydrogen) atoms. The van der Waals surface area contributed by atoms with E-state index >= 15 is 0 Å². The molecule has 0 aliphatic heterocycles. The number of carbonyl (C=O) groups is 3. The number of carboxylic acids is 1. The molecule has 0 aliphatic carbocycles. The van der Waals surface area contributed by atoms with Crippen LogP contribution in [0.25, 0.3) is 0 Å². The van der Waals surface area contributed by atoms with Crippen LogP contribution in [-0.2, 0) is 13.6 Å². The zero-order chi connectivity index (χ0) is 21.8. The number of ether oxygens (including phenoxy) is 1. The molecule has 2 aromatic heterocycles. The van der Waals surface area contributed by atoms with Gasteiger partial charge in [-0.15, -0.1) is 0 Å². The summed E-state index contributed by atoms with van der Waals surface area (Å²) < 4.78 is 7.79. The molecular formula is C19H20N6O5. The van der Waals surface area contributed by atoms with Crippen molar-refractivity contribution in [3.63, 3.8) is 0 Å². The van der Waals surface area contributed by atoms with Crippen LogP contribution in [0.4, 0.5) is 11.4 Å². The number of rotatable bonds is 7. The third kappa shape index (κ3) is 4.14. The van der Waals surface area contributed by atoms with Gasteiger partial charge in [-0.3, -0.25) is 19.0 Å². The van der Waals surface area contributed by atoms with E-state index in [0.717, 1.165) is 0 Å². The van der Waals surface area contributed by atoms with Crippen molar-refractivity contribution in [2.75, 3.05) is 17.7 Å².